The van der Waals surface area contributed by atoms with Gasteiger partial charge >= 0.3 is 0 Å². The molecule has 0 aliphatic heterocycles. The SMILES string of the molecule is Cc1ccc(OCCNC(=O)c2ccc(C)c(S(=O)(=O)Nc3ccccc3C)c2)c(C)c1. The van der Waals surface area contributed by atoms with Crippen LogP contribution in [0.25, 0.3) is 0 Å². The van der Waals surface area contributed by atoms with Crippen LogP contribution in [0.4, 0.5) is 5.69 Å². The normalized spacial score (nSPS) is 11.1. The highest BCUT2D eigenvalue weighted by molar-refractivity contribution is 7.92. The number of rotatable bonds is 8. The summed E-state index contributed by atoms with van der Waals surface area (Å²) in [6, 6.07) is 17.7. The van der Waals surface area contributed by atoms with Crippen molar-refractivity contribution in [2.75, 3.05) is 17.9 Å². The van der Waals surface area contributed by atoms with E-state index in [-0.39, 0.29) is 16.4 Å². The molecule has 2 N–H and O–H groups in total. The van der Waals surface area contributed by atoms with E-state index >= 15 is 0 Å². The number of amides is 1. The van der Waals surface area contributed by atoms with Crippen molar-refractivity contribution in [3.05, 3.63) is 88.5 Å². The molecule has 0 spiro atoms. The van der Waals surface area contributed by atoms with E-state index in [0.717, 1.165) is 22.4 Å². The lowest BCUT2D eigenvalue weighted by atomic mass is 10.1. The van der Waals surface area contributed by atoms with Crippen LogP contribution in [0.5, 0.6) is 5.75 Å². The van der Waals surface area contributed by atoms with Gasteiger partial charge < -0.3 is 10.1 Å². The van der Waals surface area contributed by atoms with Gasteiger partial charge in [-0.25, -0.2) is 8.42 Å². The number of carbonyl (C=O) groups is 1. The van der Waals surface area contributed by atoms with Crippen LogP contribution in [0.3, 0.4) is 0 Å². The second kappa shape index (κ2) is 9.87. The lowest BCUT2D eigenvalue weighted by molar-refractivity contribution is 0.0946. The van der Waals surface area contributed by atoms with Gasteiger partial charge in [-0.3, -0.25) is 9.52 Å². The number of nitrogens with one attached hydrogen (secondary N) is 2. The summed E-state index contributed by atoms with van der Waals surface area (Å²) >= 11 is 0. The minimum Gasteiger partial charge on any atom is -0.491 e. The summed E-state index contributed by atoms with van der Waals surface area (Å²) in [4.78, 5) is 12.7. The average Bonchev–Trinajstić information content (AvgIpc) is 2.74. The molecule has 0 saturated carbocycles. The predicted molar refractivity (Wildman–Crippen MR) is 127 cm³/mol. The van der Waals surface area contributed by atoms with Gasteiger partial charge in [-0.2, -0.15) is 0 Å². The van der Waals surface area contributed by atoms with E-state index in [9.17, 15) is 13.2 Å². The first kappa shape index (κ1) is 23.3. The molecule has 3 rings (SSSR count). The molecule has 0 heterocycles. The maximum atomic E-state index is 13.0. The van der Waals surface area contributed by atoms with Gasteiger partial charge in [0.05, 0.1) is 17.1 Å². The van der Waals surface area contributed by atoms with Gasteiger partial charge in [0.15, 0.2) is 0 Å². The highest BCUT2D eigenvalue weighted by atomic mass is 32.2. The van der Waals surface area contributed by atoms with Crippen LogP contribution in [0.15, 0.2) is 65.6 Å². The Labute approximate surface area is 189 Å². The highest BCUT2D eigenvalue weighted by Gasteiger charge is 2.20. The first-order valence-electron chi connectivity index (χ1n) is 10.3. The van der Waals surface area contributed by atoms with Gasteiger partial charge in [0, 0.05) is 5.56 Å². The number of hydrogen-bond acceptors (Lipinski definition) is 4. The van der Waals surface area contributed by atoms with Crippen molar-refractivity contribution in [1.29, 1.82) is 0 Å². The van der Waals surface area contributed by atoms with Crippen molar-refractivity contribution in [3.8, 4) is 5.75 Å². The van der Waals surface area contributed by atoms with Crippen LogP contribution in [-0.4, -0.2) is 27.5 Å². The summed E-state index contributed by atoms with van der Waals surface area (Å²) in [6.45, 7) is 8.12. The molecule has 3 aromatic rings. The third-order valence-corrected chi connectivity index (χ3v) is 6.61. The Bertz CT molecular complexity index is 1240. The van der Waals surface area contributed by atoms with Gasteiger partial charge in [-0.05, 0) is 68.7 Å². The van der Waals surface area contributed by atoms with E-state index < -0.39 is 10.0 Å². The van der Waals surface area contributed by atoms with E-state index in [0.29, 0.717) is 24.4 Å². The number of anilines is 1. The standard InChI is InChI=1S/C25H28N2O4S/c1-17-9-12-23(20(4)15-17)31-14-13-26-25(28)21-11-10-19(3)24(16-21)32(29,30)27-22-8-6-5-7-18(22)2/h5-12,15-16,27H,13-14H2,1-4H3,(H,26,28). The Morgan fingerprint density at radius 2 is 1.62 bits per heavy atom. The molecule has 0 radical (unpaired) electrons. The molecule has 0 saturated heterocycles. The topological polar surface area (TPSA) is 84.5 Å². The minimum absolute atomic E-state index is 0.0694. The summed E-state index contributed by atoms with van der Waals surface area (Å²) in [7, 11) is -3.85. The molecular weight excluding hydrogens is 424 g/mol. The van der Waals surface area contributed by atoms with Crippen LogP contribution in [0.1, 0.15) is 32.6 Å². The maximum Gasteiger partial charge on any atom is 0.262 e. The molecule has 168 valence electrons. The van der Waals surface area contributed by atoms with Crippen molar-refractivity contribution in [2.45, 2.75) is 32.6 Å². The molecule has 3 aromatic carbocycles. The number of ether oxygens (including phenoxy) is 1. The Balaban J connectivity index is 1.66. The van der Waals surface area contributed by atoms with Crippen molar-refractivity contribution in [3.63, 3.8) is 0 Å². The quantitative estimate of drug-likeness (QED) is 0.492. The molecule has 0 unspecified atom stereocenters. The third kappa shape index (κ3) is 5.68. The van der Waals surface area contributed by atoms with E-state index in [1.807, 2.05) is 51.1 Å². The third-order valence-electron chi connectivity index (χ3n) is 5.10. The zero-order chi connectivity index (χ0) is 23.3. The largest absolute Gasteiger partial charge is 0.491 e. The van der Waals surface area contributed by atoms with Crippen molar-refractivity contribution < 1.29 is 17.9 Å². The van der Waals surface area contributed by atoms with Crippen molar-refractivity contribution in [1.82, 2.24) is 5.32 Å². The van der Waals surface area contributed by atoms with Gasteiger partial charge in [0.2, 0.25) is 0 Å². The summed E-state index contributed by atoms with van der Waals surface area (Å²) in [5.74, 6) is 0.414. The Hall–Kier alpha value is -3.32. The van der Waals surface area contributed by atoms with Crippen LogP contribution in [0, 0.1) is 27.7 Å². The number of aryl methyl sites for hydroxylation is 4. The van der Waals surface area contributed by atoms with Crippen LogP contribution >= 0.6 is 0 Å². The Morgan fingerprint density at radius 1 is 0.875 bits per heavy atom. The molecule has 6 nitrogen and oxygen atoms in total. The fourth-order valence-corrected chi connectivity index (χ4v) is 4.71. The van der Waals surface area contributed by atoms with Gasteiger partial charge in [0.25, 0.3) is 15.9 Å². The number of benzene rings is 3. The summed E-state index contributed by atoms with van der Waals surface area (Å²) in [5.41, 5.74) is 4.33. The van der Waals surface area contributed by atoms with Gasteiger partial charge in [0.1, 0.15) is 12.4 Å². The zero-order valence-electron chi connectivity index (χ0n) is 18.7. The second-order valence-corrected chi connectivity index (χ2v) is 9.42. The molecule has 0 atom stereocenters. The molecule has 7 heteroatoms. The lowest BCUT2D eigenvalue weighted by Gasteiger charge is -2.14. The predicted octanol–water partition coefficient (Wildman–Crippen LogP) is 4.53. The molecule has 1 amide bonds. The fraction of sp³-hybridized carbons (Fsp3) is 0.240. The van der Waals surface area contributed by atoms with Crippen LogP contribution in [-0.2, 0) is 10.0 Å². The molecule has 0 aliphatic rings. The molecule has 0 bridgehead atoms. The lowest BCUT2D eigenvalue weighted by Crippen LogP contribution is -2.28. The van der Waals surface area contributed by atoms with E-state index in [1.165, 1.54) is 6.07 Å². The summed E-state index contributed by atoms with van der Waals surface area (Å²) in [6.07, 6.45) is 0. The van der Waals surface area contributed by atoms with Gasteiger partial charge in [-0.15, -0.1) is 0 Å². The summed E-state index contributed by atoms with van der Waals surface area (Å²) < 4.78 is 34.3. The number of hydrogen-bond donors (Lipinski definition) is 2. The van der Waals surface area contributed by atoms with E-state index in [1.54, 1.807) is 31.2 Å². The highest BCUT2D eigenvalue weighted by Crippen LogP contribution is 2.23. The first-order chi connectivity index (χ1) is 15.2. The summed E-state index contributed by atoms with van der Waals surface area (Å²) in [5, 5.41) is 2.78. The van der Waals surface area contributed by atoms with Gasteiger partial charge in [-0.1, -0.05) is 42.0 Å². The minimum atomic E-state index is -3.85. The van der Waals surface area contributed by atoms with Crippen LogP contribution in [0.2, 0.25) is 0 Å². The first-order valence-corrected chi connectivity index (χ1v) is 11.8. The van der Waals surface area contributed by atoms with Crippen molar-refractivity contribution >= 4 is 21.6 Å². The smallest absolute Gasteiger partial charge is 0.262 e. The van der Waals surface area contributed by atoms with E-state index in [4.69, 9.17) is 4.74 Å². The molecule has 0 aromatic heterocycles. The molecule has 32 heavy (non-hydrogen) atoms. The van der Waals surface area contributed by atoms with Crippen LogP contribution < -0.4 is 14.8 Å². The molecular formula is C25H28N2O4S. The molecule has 0 aliphatic carbocycles. The second-order valence-electron chi connectivity index (χ2n) is 7.77. The maximum absolute atomic E-state index is 13.0. The Morgan fingerprint density at radius 3 is 2.34 bits per heavy atom. The zero-order valence-corrected chi connectivity index (χ0v) is 19.5. The number of para-hydroxylation sites is 1. The Kier molecular flexibility index (Phi) is 7.20. The number of sulfonamides is 1. The monoisotopic (exact) mass is 452 g/mol. The fourth-order valence-electron chi connectivity index (χ4n) is 3.31. The molecule has 0 fully saturated rings. The van der Waals surface area contributed by atoms with E-state index in [2.05, 4.69) is 10.0 Å². The average molecular weight is 453 g/mol. The van der Waals surface area contributed by atoms with Crippen molar-refractivity contribution in [2.24, 2.45) is 0 Å². The number of carbonyl (C=O) groups excluding carboxylic acids is 1.